The first-order valence-electron chi connectivity index (χ1n) is 7.69. The lowest BCUT2D eigenvalue weighted by Crippen LogP contribution is -2.09. The van der Waals surface area contributed by atoms with E-state index in [1.54, 1.807) is 7.11 Å². The number of nitrogens with one attached hydrogen (secondary N) is 1. The first-order chi connectivity index (χ1) is 10.6. The zero-order valence-corrected chi connectivity index (χ0v) is 13.8. The lowest BCUT2D eigenvalue weighted by Gasteiger charge is -2.17. The van der Waals surface area contributed by atoms with E-state index >= 15 is 0 Å². The Morgan fingerprint density at radius 1 is 1.09 bits per heavy atom. The summed E-state index contributed by atoms with van der Waals surface area (Å²) >= 11 is 0. The van der Waals surface area contributed by atoms with Gasteiger partial charge in [-0.15, -0.1) is 0 Å². The van der Waals surface area contributed by atoms with Crippen LogP contribution in [0.1, 0.15) is 25.0 Å². The van der Waals surface area contributed by atoms with Crippen molar-refractivity contribution in [1.29, 1.82) is 0 Å². The Morgan fingerprint density at radius 3 is 2.55 bits per heavy atom. The van der Waals surface area contributed by atoms with Gasteiger partial charge in [-0.3, -0.25) is 0 Å². The van der Waals surface area contributed by atoms with Gasteiger partial charge in [-0.1, -0.05) is 38.1 Å². The zero-order valence-electron chi connectivity index (χ0n) is 13.8. The summed E-state index contributed by atoms with van der Waals surface area (Å²) in [6.07, 6.45) is 0. The minimum absolute atomic E-state index is 0.475. The number of aryl methyl sites for hydroxylation is 1. The second-order valence-corrected chi connectivity index (χ2v) is 5.88. The number of hydrogen-bond acceptors (Lipinski definition) is 3. The van der Waals surface area contributed by atoms with Crippen molar-refractivity contribution in [2.24, 2.45) is 5.92 Å². The molecule has 0 saturated heterocycles. The van der Waals surface area contributed by atoms with E-state index < -0.39 is 0 Å². The summed E-state index contributed by atoms with van der Waals surface area (Å²) in [4.78, 5) is 0. The number of benzene rings is 2. The van der Waals surface area contributed by atoms with Crippen molar-refractivity contribution < 1.29 is 9.47 Å². The second kappa shape index (κ2) is 7.74. The fraction of sp³-hybridized carbons (Fsp3) is 0.368. The first kappa shape index (κ1) is 16.2. The van der Waals surface area contributed by atoms with E-state index in [1.165, 1.54) is 5.56 Å². The molecule has 0 unspecified atom stereocenters. The van der Waals surface area contributed by atoms with Crippen molar-refractivity contribution >= 4 is 5.69 Å². The highest BCUT2D eigenvalue weighted by atomic mass is 16.5. The molecule has 0 aromatic heterocycles. The van der Waals surface area contributed by atoms with Crippen LogP contribution in [-0.2, 0) is 6.54 Å². The van der Waals surface area contributed by atoms with Crippen molar-refractivity contribution in [2.45, 2.75) is 27.3 Å². The molecule has 3 heteroatoms. The molecule has 0 saturated carbocycles. The van der Waals surface area contributed by atoms with E-state index in [1.807, 2.05) is 12.1 Å². The van der Waals surface area contributed by atoms with Crippen molar-refractivity contribution in [3.8, 4) is 11.5 Å². The highest BCUT2D eigenvalue weighted by Crippen LogP contribution is 2.32. The third-order valence-corrected chi connectivity index (χ3v) is 3.34. The van der Waals surface area contributed by atoms with Crippen molar-refractivity contribution in [1.82, 2.24) is 0 Å². The Labute approximate surface area is 133 Å². The molecule has 1 N–H and O–H groups in total. The van der Waals surface area contributed by atoms with Crippen LogP contribution in [0, 0.1) is 12.8 Å². The Bertz CT molecular complexity index is 608. The molecule has 0 aliphatic rings. The molecule has 0 spiro atoms. The van der Waals surface area contributed by atoms with Crippen LogP contribution in [0.4, 0.5) is 5.69 Å². The van der Waals surface area contributed by atoms with Crippen LogP contribution >= 0.6 is 0 Å². The van der Waals surface area contributed by atoms with Crippen molar-refractivity contribution in [3.63, 3.8) is 0 Å². The molecule has 0 bridgehead atoms. The highest BCUT2D eigenvalue weighted by Gasteiger charge is 2.11. The summed E-state index contributed by atoms with van der Waals surface area (Å²) in [7, 11) is 1.68. The molecule has 2 aromatic rings. The molecule has 118 valence electrons. The maximum atomic E-state index is 5.97. The third-order valence-electron chi connectivity index (χ3n) is 3.34. The van der Waals surface area contributed by atoms with Gasteiger partial charge < -0.3 is 14.8 Å². The SMILES string of the molecule is COc1cccc(CNc2cccc(C)c2)c1OCC(C)C. The molecular formula is C19H25NO2. The van der Waals surface area contributed by atoms with Gasteiger partial charge in [0.05, 0.1) is 13.7 Å². The van der Waals surface area contributed by atoms with E-state index in [0.717, 1.165) is 22.7 Å². The van der Waals surface area contributed by atoms with Crippen LogP contribution in [0.15, 0.2) is 42.5 Å². The Balaban J connectivity index is 2.15. The van der Waals surface area contributed by atoms with Gasteiger partial charge in [-0.2, -0.15) is 0 Å². The third kappa shape index (κ3) is 4.42. The van der Waals surface area contributed by atoms with E-state index in [2.05, 4.69) is 56.4 Å². The van der Waals surface area contributed by atoms with Crippen LogP contribution in [0.25, 0.3) is 0 Å². The lowest BCUT2D eigenvalue weighted by atomic mass is 10.1. The van der Waals surface area contributed by atoms with Gasteiger partial charge in [0.2, 0.25) is 0 Å². The molecule has 22 heavy (non-hydrogen) atoms. The molecule has 0 aliphatic heterocycles. The number of methoxy groups -OCH3 is 1. The molecular weight excluding hydrogens is 274 g/mol. The van der Waals surface area contributed by atoms with Gasteiger partial charge in [-0.05, 0) is 36.6 Å². The van der Waals surface area contributed by atoms with E-state index in [9.17, 15) is 0 Å². The fourth-order valence-corrected chi connectivity index (χ4v) is 2.23. The van der Waals surface area contributed by atoms with Crippen molar-refractivity contribution in [3.05, 3.63) is 53.6 Å². The molecule has 2 rings (SSSR count). The number of ether oxygens (including phenoxy) is 2. The quantitative estimate of drug-likeness (QED) is 0.807. The summed E-state index contributed by atoms with van der Waals surface area (Å²) in [6.45, 7) is 7.75. The fourth-order valence-electron chi connectivity index (χ4n) is 2.23. The number of anilines is 1. The minimum Gasteiger partial charge on any atom is -0.493 e. The van der Waals surface area contributed by atoms with Crippen LogP contribution in [0.2, 0.25) is 0 Å². The molecule has 0 amide bonds. The van der Waals surface area contributed by atoms with Gasteiger partial charge >= 0.3 is 0 Å². The van der Waals surface area contributed by atoms with Crippen molar-refractivity contribution in [2.75, 3.05) is 19.0 Å². The zero-order chi connectivity index (χ0) is 15.9. The summed E-state index contributed by atoms with van der Waals surface area (Å²) in [5.74, 6) is 2.09. The molecule has 0 heterocycles. The Kier molecular flexibility index (Phi) is 5.70. The summed E-state index contributed by atoms with van der Waals surface area (Å²) in [6, 6.07) is 14.4. The summed E-state index contributed by atoms with van der Waals surface area (Å²) in [5.41, 5.74) is 3.45. The topological polar surface area (TPSA) is 30.5 Å². The predicted octanol–water partition coefficient (Wildman–Crippen LogP) is 4.65. The largest absolute Gasteiger partial charge is 0.493 e. The van der Waals surface area contributed by atoms with Crippen LogP contribution < -0.4 is 14.8 Å². The van der Waals surface area contributed by atoms with E-state index in [-0.39, 0.29) is 0 Å². The van der Waals surface area contributed by atoms with Gasteiger partial charge in [0, 0.05) is 17.8 Å². The maximum Gasteiger partial charge on any atom is 0.166 e. The smallest absolute Gasteiger partial charge is 0.166 e. The van der Waals surface area contributed by atoms with E-state index in [4.69, 9.17) is 9.47 Å². The van der Waals surface area contributed by atoms with Gasteiger partial charge in [-0.25, -0.2) is 0 Å². The van der Waals surface area contributed by atoms with Gasteiger partial charge in [0.25, 0.3) is 0 Å². The monoisotopic (exact) mass is 299 g/mol. The minimum atomic E-state index is 0.475. The van der Waals surface area contributed by atoms with Gasteiger partial charge in [0.15, 0.2) is 11.5 Å². The second-order valence-electron chi connectivity index (χ2n) is 5.88. The molecule has 2 aromatic carbocycles. The lowest BCUT2D eigenvalue weighted by molar-refractivity contribution is 0.254. The van der Waals surface area contributed by atoms with Crippen LogP contribution in [-0.4, -0.2) is 13.7 Å². The van der Waals surface area contributed by atoms with Gasteiger partial charge in [0.1, 0.15) is 0 Å². The Hall–Kier alpha value is -2.16. The normalized spacial score (nSPS) is 10.6. The van der Waals surface area contributed by atoms with E-state index in [0.29, 0.717) is 19.1 Å². The number of rotatable bonds is 7. The highest BCUT2D eigenvalue weighted by molar-refractivity contribution is 5.50. The summed E-state index contributed by atoms with van der Waals surface area (Å²) in [5, 5.41) is 3.45. The average molecular weight is 299 g/mol. The first-order valence-corrected chi connectivity index (χ1v) is 7.69. The molecule has 3 nitrogen and oxygen atoms in total. The molecule has 0 fully saturated rings. The maximum absolute atomic E-state index is 5.97. The Morgan fingerprint density at radius 2 is 1.86 bits per heavy atom. The molecule has 0 radical (unpaired) electrons. The summed E-state index contributed by atoms with van der Waals surface area (Å²) < 4.78 is 11.4. The van der Waals surface area contributed by atoms with Crippen LogP contribution in [0.3, 0.4) is 0 Å². The molecule has 0 atom stereocenters. The number of para-hydroxylation sites is 1. The number of hydrogen-bond donors (Lipinski definition) is 1. The average Bonchev–Trinajstić information content (AvgIpc) is 2.51. The standard InChI is InChI=1S/C19H25NO2/c1-14(2)13-22-19-16(8-6-10-18(19)21-4)12-20-17-9-5-7-15(3)11-17/h5-11,14,20H,12-13H2,1-4H3. The van der Waals surface area contributed by atoms with Crippen LogP contribution in [0.5, 0.6) is 11.5 Å². The molecule has 0 aliphatic carbocycles. The predicted molar refractivity (Wildman–Crippen MR) is 91.8 cm³/mol.